The molecule has 0 saturated carbocycles. The van der Waals surface area contributed by atoms with Gasteiger partial charge in [-0.05, 0) is 43.3 Å². The summed E-state index contributed by atoms with van der Waals surface area (Å²) in [4.78, 5) is 18.4. The van der Waals surface area contributed by atoms with E-state index in [1.807, 2.05) is 36.6 Å². The summed E-state index contributed by atoms with van der Waals surface area (Å²) >= 11 is 1.41. The third kappa shape index (κ3) is 3.83. The second kappa shape index (κ2) is 7.00. The van der Waals surface area contributed by atoms with E-state index in [0.717, 1.165) is 11.3 Å². The van der Waals surface area contributed by atoms with Crippen molar-refractivity contribution in [2.75, 3.05) is 0 Å². The number of hydrogen-bond donors (Lipinski definition) is 0. The minimum absolute atomic E-state index is 0.114. The molecular weight excluding hydrogens is 347 g/mol. The first-order valence-corrected chi connectivity index (χ1v) is 9.26. The minimum atomic E-state index is -0.311. The molecule has 3 rings (SSSR count). The molecule has 3 nitrogen and oxygen atoms in total. The Kier molecular flexibility index (Phi) is 4.92. The number of nitrogens with zero attached hydrogens (tertiary/aromatic N) is 2. The summed E-state index contributed by atoms with van der Waals surface area (Å²) in [5.74, 6) is -0.425. The van der Waals surface area contributed by atoms with Crippen LogP contribution in [0.1, 0.15) is 42.4 Å². The Morgan fingerprint density at radius 3 is 2.23 bits per heavy atom. The van der Waals surface area contributed by atoms with Crippen LogP contribution < -0.4 is 4.80 Å². The maximum absolute atomic E-state index is 13.2. The van der Waals surface area contributed by atoms with Crippen molar-refractivity contribution in [3.05, 3.63) is 81.4 Å². The lowest BCUT2D eigenvalue weighted by Crippen LogP contribution is -2.30. The molecular formula is C21H21FN2OS. The van der Waals surface area contributed by atoms with Crippen LogP contribution in [0, 0.1) is 12.7 Å². The monoisotopic (exact) mass is 368 g/mol. The number of thiazole rings is 1. The fourth-order valence-electron chi connectivity index (χ4n) is 2.55. The molecule has 0 saturated heterocycles. The van der Waals surface area contributed by atoms with Crippen LogP contribution in [0.3, 0.4) is 0 Å². The Balaban J connectivity index is 2.17. The van der Waals surface area contributed by atoms with E-state index in [-0.39, 0.29) is 17.1 Å². The van der Waals surface area contributed by atoms with Gasteiger partial charge in [-0.25, -0.2) is 9.38 Å². The Morgan fingerprint density at radius 1 is 1.04 bits per heavy atom. The smallest absolute Gasteiger partial charge is 0.264 e. The highest BCUT2D eigenvalue weighted by Gasteiger charge is 2.24. The number of hydrogen-bond acceptors (Lipinski definition) is 3. The standard InChI is InChI=1S/C21H21FN2OS/c1-14-5-7-15(8-6-14)19(25)24-18(21(2,3)4)13-26-20(24)23-17-11-9-16(22)10-12-17/h5-13H,1-4H3. The number of rotatable bonds is 2. The molecule has 26 heavy (non-hydrogen) atoms. The Bertz CT molecular complexity index is 990. The van der Waals surface area contributed by atoms with E-state index in [0.29, 0.717) is 16.1 Å². The van der Waals surface area contributed by atoms with E-state index in [4.69, 9.17) is 0 Å². The molecule has 1 aromatic heterocycles. The molecule has 1 heterocycles. The highest BCUT2D eigenvalue weighted by atomic mass is 32.1. The van der Waals surface area contributed by atoms with Gasteiger partial charge in [-0.1, -0.05) is 38.5 Å². The van der Waals surface area contributed by atoms with Gasteiger partial charge in [-0.3, -0.25) is 9.36 Å². The molecule has 0 N–H and O–H groups in total. The summed E-state index contributed by atoms with van der Waals surface area (Å²) in [6.07, 6.45) is 0. The van der Waals surface area contributed by atoms with Crippen LogP contribution in [0.15, 0.2) is 58.9 Å². The normalized spacial score (nSPS) is 12.4. The van der Waals surface area contributed by atoms with E-state index >= 15 is 0 Å². The van der Waals surface area contributed by atoms with E-state index in [1.54, 1.807) is 16.7 Å². The fraction of sp³-hybridized carbons (Fsp3) is 0.238. The number of aryl methyl sites for hydroxylation is 1. The maximum Gasteiger partial charge on any atom is 0.264 e. The maximum atomic E-state index is 13.2. The second-order valence-electron chi connectivity index (χ2n) is 7.25. The van der Waals surface area contributed by atoms with Gasteiger partial charge in [0.25, 0.3) is 5.91 Å². The number of benzene rings is 2. The van der Waals surface area contributed by atoms with Crippen molar-refractivity contribution in [1.82, 2.24) is 4.57 Å². The van der Waals surface area contributed by atoms with Crippen molar-refractivity contribution < 1.29 is 9.18 Å². The van der Waals surface area contributed by atoms with Gasteiger partial charge in [0.2, 0.25) is 0 Å². The lowest BCUT2D eigenvalue weighted by molar-refractivity contribution is 0.0950. The molecule has 2 aromatic carbocycles. The van der Waals surface area contributed by atoms with Gasteiger partial charge < -0.3 is 0 Å². The van der Waals surface area contributed by atoms with Gasteiger partial charge >= 0.3 is 0 Å². The summed E-state index contributed by atoms with van der Waals surface area (Å²) in [6, 6.07) is 13.4. The highest BCUT2D eigenvalue weighted by Crippen LogP contribution is 2.24. The fourth-order valence-corrected chi connectivity index (χ4v) is 3.67. The van der Waals surface area contributed by atoms with Gasteiger partial charge in [0.15, 0.2) is 4.80 Å². The molecule has 0 aliphatic carbocycles. The van der Waals surface area contributed by atoms with Gasteiger partial charge in [0.1, 0.15) is 5.82 Å². The first-order valence-electron chi connectivity index (χ1n) is 8.38. The summed E-state index contributed by atoms with van der Waals surface area (Å²) in [7, 11) is 0. The molecule has 0 radical (unpaired) electrons. The van der Waals surface area contributed by atoms with E-state index < -0.39 is 0 Å². The molecule has 134 valence electrons. The third-order valence-corrected chi connectivity index (χ3v) is 4.86. The van der Waals surface area contributed by atoms with Crippen LogP contribution in [-0.4, -0.2) is 10.5 Å². The molecule has 0 atom stereocenters. The highest BCUT2D eigenvalue weighted by molar-refractivity contribution is 7.07. The predicted molar refractivity (Wildman–Crippen MR) is 104 cm³/mol. The van der Waals surface area contributed by atoms with Crippen LogP contribution in [0.2, 0.25) is 0 Å². The molecule has 0 bridgehead atoms. The largest absolute Gasteiger partial charge is 0.268 e. The zero-order chi connectivity index (χ0) is 18.9. The predicted octanol–water partition coefficient (Wildman–Crippen LogP) is 5.22. The second-order valence-corrected chi connectivity index (χ2v) is 8.08. The molecule has 0 aliphatic rings. The first kappa shape index (κ1) is 18.3. The van der Waals surface area contributed by atoms with E-state index in [2.05, 4.69) is 25.8 Å². The molecule has 5 heteroatoms. The number of aromatic nitrogens is 1. The van der Waals surface area contributed by atoms with Crippen LogP contribution in [0.4, 0.5) is 10.1 Å². The number of carbonyl (C=O) groups is 1. The molecule has 0 spiro atoms. The Labute approximate surface area is 156 Å². The zero-order valence-electron chi connectivity index (χ0n) is 15.3. The Hall–Kier alpha value is -2.53. The minimum Gasteiger partial charge on any atom is -0.268 e. The quantitative estimate of drug-likeness (QED) is 0.611. The topological polar surface area (TPSA) is 34.4 Å². The Morgan fingerprint density at radius 2 is 1.65 bits per heavy atom. The van der Waals surface area contributed by atoms with Gasteiger partial charge in [0, 0.05) is 22.1 Å². The molecule has 0 aliphatic heterocycles. The lowest BCUT2D eigenvalue weighted by Gasteiger charge is -2.20. The number of halogens is 1. The van der Waals surface area contributed by atoms with Crippen molar-refractivity contribution in [3.63, 3.8) is 0 Å². The van der Waals surface area contributed by atoms with Crippen LogP contribution in [0.25, 0.3) is 0 Å². The number of carbonyl (C=O) groups excluding carboxylic acids is 1. The van der Waals surface area contributed by atoms with Crippen LogP contribution >= 0.6 is 11.3 Å². The van der Waals surface area contributed by atoms with Gasteiger partial charge in [-0.2, -0.15) is 0 Å². The van der Waals surface area contributed by atoms with Crippen molar-refractivity contribution in [2.24, 2.45) is 4.99 Å². The van der Waals surface area contributed by atoms with Crippen molar-refractivity contribution >= 4 is 22.9 Å². The summed E-state index contributed by atoms with van der Waals surface area (Å²) in [5, 5.41) is 1.97. The first-order chi connectivity index (χ1) is 12.3. The SMILES string of the molecule is Cc1ccc(C(=O)n2c(C(C)(C)C)csc2=Nc2ccc(F)cc2)cc1. The zero-order valence-corrected chi connectivity index (χ0v) is 16.1. The van der Waals surface area contributed by atoms with Crippen molar-refractivity contribution in [2.45, 2.75) is 33.1 Å². The van der Waals surface area contributed by atoms with Crippen molar-refractivity contribution in [3.8, 4) is 0 Å². The average Bonchev–Trinajstić information content (AvgIpc) is 3.01. The van der Waals surface area contributed by atoms with Crippen molar-refractivity contribution in [1.29, 1.82) is 0 Å². The van der Waals surface area contributed by atoms with Crippen LogP contribution in [0.5, 0.6) is 0 Å². The summed E-state index contributed by atoms with van der Waals surface area (Å²) < 4.78 is 14.8. The molecule has 0 unspecified atom stereocenters. The molecule has 3 aromatic rings. The van der Waals surface area contributed by atoms with Crippen LogP contribution in [-0.2, 0) is 5.41 Å². The summed E-state index contributed by atoms with van der Waals surface area (Å²) in [5.41, 5.74) is 3.00. The average molecular weight is 368 g/mol. The van der Waals surface area contributed by atoms with E-state index in [1.165, 1.54) is 23.5 Å². The van der Waals surface area contributed by atoms with Gasteiger partial charge in [0.05, 0.1) is 5.69 Å². The molecule has 0 fully saturated rings. The third-order valence-electron chi connectivity index (χ3n) is 4.03. The molecule has 0 amide bonds. The summed E-state index contributed by atoms with van der Waals surface area (Å²) in [6.45, 7) is 8.18. The van der Waals surface area contributed by atoms with E-state index in [9.17, 15) is 9.18 Å². The lowest BCUT2D eigenvalue weighted by atomic mass is 9.92. The van der Waals surface area contributed by atoms with Gasteiger partial charge in [-0.15, -0.1) is 11.3 Å².